The van der Waals surface area contributed by atoms with E-state index in [4.69, 9.17) is 17.0 Å². The Kier molecular flexibility index (Phi) is 5.24. The highest BCUT2D eigenvalue weighted by Crippen LogP contribution is 2.20. The molecule has 0 spiro atoms. The van der Waals surface area contributed by atoms with Crippen LogP contribution < -0.4 is 4.74 Å². The quantitative estimate of drug-likeness (QED) is 0.476. The van der Waals surface area contributed by atoms with Crippen LogP contribution >= 0.6 is 24.0 Å². The van der Waals surface area contributed by atoms with E-state index in [9.17, 15) is 14.5 Å². The van der Waals surface area contributed by atoms with Gasteiger partial charge in [0.2, 0.25) is 4.38 Å². The summed E-state index contributed by atoms with van der Waals surface area (Å²) in [5.74, 6) is 0.669. The SMILES string of the molecule is O=[N+]([O-])c1ccc(CSC(=S)Oc2ccc(F)cc2)cc1. The van der Waals surface area contributed by atoms with E-state index in [0.717, 1.165) is 5.56 Å². The minimum atomic E-state index is -0.445. The monoisotopic (exact) mass is 323 g/mol. The molecule has 2 aromatic carbocycles. The third-order valence-electron chi connectivity index (χ3n) is 2.52. The van der Waals surface area contributed by atoms with E-state index in [1.54, 1.807) is 12.1 Å². The molecule has 0 atom stereocenters. The number of halogens is 1. The topological polar surface area (TPSA) is 52.4 Å². The molecule has 0 aliphatic carbocycles. The Morgan fingerprint density at radius 3 is 2.38 bits per heavy atom. The summed E-state index contributed by atoms with van der Waals surface area (Å²) in [5, 5.41) is 10.5. The molecule has 108 valence electrons. The molecule has 4 nitrogen and oxygen atoms in total. The van der Waals surface area contributed by atoms with Crippen molar-refractivity contribution in [1.29, 1.82) is 0 Å². The standard InChI is InChI=1S/C14H10FNO3S2/c15-11-3-7-13(8-4-11)19-14(20)21-9-10-1-5-12(6-2-10)16(17)18/h1-8H,9H2. The zero-order chi connectivity index (χ0) is 15.2. The molecular weight excluding hydrogens is 313 g/mol. The number of rotatable bonds is 4. The molecule has 2 aromatic rings. The molecule has 0 aromatic heterocycles. The average Bonchev–Trinajstić information content (AvgIpc) is 2.48. The highest BCUT2D eigenvalue weighted by Gasteiger charge is 2.06. The zero-order valence-electron chi connectivity index (χ0n) is 10.7. The number of thioether (sulfide) groups is 1. The number of thiocarbonyl (C=S) groups is 1. The maximum Gasteiger partial charge on any atom is 0.269 e. The van der Waals surface area contributed by atoms with Gasteiger partial charge in [0.25, 0.3) is 5.69 Å². The molecule has 0 amide bonds. The molecule has 7 heteroatoms. The fourth-order valence-electron chi connectivity index (χ4n) is 1.48. The van der Waals surface area contributed by atoms with Crippen LogP contribution in [-0.2, 0) is 5.75 Å². The number of nitro groups is 1. The van der Waals surface area contributed by atoms with Gasteiger partial charge in [-0.3, -0.25) is 10.1 Å². The first kappa shape index (κ1) is 15.4. The van der Waals surface area contributed by atoms with Crippen molar-refractivity contribution in [2.75, 3.05) is 0 Å². The first-order valence-electron chi connectivity index (χ1n) is 5.88. The fourth-order valence-corrected chi connectivity index (χ4v) is 2.39. The number of nitrogens with zero attached hydrogens (tertiary/aromatic N) is 1. The van der Waals surface area contributed by atoms with Gasteiger partial charge in [0.1, 0.15) is 11.6 Å². The lowest BCUT2D eigenvalue weighted by Gasteiger charge is -2.06. The number of benzene rings is 2. The van der Waals surface area contributed by atoms with E-state index >= 15 is 0 Å². The van der Waals surface area contributed by atoms with E-state index in [2.05, 4.69) is 0 Å². The van der Waals surface area contributed by atoms with Crippen molar-refractivity contribution in [3.05, 3.63) is 70.0 Å². The Labute approximate surface area is 130 Å². The van der Waals surface area contributed by atoms with Crippen LogP contribution in [0.2, 0.25) is 0 Å². The van der Waals surface area contributed by atoms with Crippen molar-refractivity contribution >= 4 is 34.0 Å². The second-order valence-corrected chi connectivity index (χ2v) is 5.60. The van der Waals surface area contributed by atoms with Crippen LogP contribution in [0.15, 0.2) is 48.5 Å². The van der Waals surface area contributed by atoms with Gasteiger partial charge in [-0.25, -0.2) is 4.39 Å². The maximum atomic E-state index is 12.7. The lowest BCUT2D eigenvalue weighted by atomic mass is 10.2. The van der Waals surface area contributed by atoms with E-state index in [1.807, 2.05) is 0 Å². The molecule has 0 unspecified atom stereocenters. The zero-order valence-corrected chi connectivity index (χ0v) is 12.3. The van der Waals surface area contributed by atoms with Gasteiger partial charge >= 0.3 is 0 Å². The summed E-state index contributed by atoms with van der Waals surface area (Å²) in [4.78, 5) is 10.1. The summed E-state index contributed by atoms with van der Waals surface area (Å²) >= 11 is 6.36. The first-order valence-corrected chi connectivity index (χ1v) is 7.27. The molecule has 0 fully saturated rings. The second kappa shape index (κ2) is 7.14. The molecule has 0 aliphatic heterocycles. The van der Waals surface area contributed by atoms with Gasteiger partial charge in [-0.05, 0) is 42.0 Å². The van der Waals surface area contributed by atoms with Crippen molar-refractivity contribution in [1.82, 2.24) is 0 Å². The van der Waals surface area contributed by atoms with Gasteiger partial charge < -0.3 is 4.74 Å². The molecule has 2 rings (SSSR count). The number of ether oxygens (including phenoxy) is 1. The minimum Gasteiger partial charge on any atom is -0.440 e. The molecule has 21 heavy (non-hydrogen) atoms. The Morgan fingerprint density at radius 2 is 1.81 bits per heavy atom. The van der Waals surface area contributed by atoms with Gasteiger partial charge in [-0.15, -0.1) is 0 Å². The van der Waals surface area contributed by atoms with Gasteiger partial charge in [0, 0.05) is 17.9 Å². The highest BCUT2D eigenvalue weighted by molar-refractivity contribution is 8.22. The molecule has 0 saturated carbocycles. The van der Waals surface area contributed by atoms with Crippen molar-refractivity contribution in [3.63, 3.8) is 0 Å². The first-order chi connectivity index (χ1) is 10.0. The molecule has 0 radical (unpaired) electrons. The van der Waals surface area contributed by atoms with Gasteiger partial charge in [-0.1, -0.05) is 23.9 Å². The van der Waals surface area contributed by atoms with Crippen LogP contribution in [0, 0.1) is 15.9 Å². The summed E-state index contributed by atoms with van der Waals surface area (Å²) < 4.78 is 18.4. The van der Waals surface area contributed by atoms with E-state index < -0.39 is 4.92 Å². The largest absolute Gasteiger partial charge is 0.440 e. The van der Waals surface area contributed by atoms with E-state index in [1.165, 1.54) is 48.2 Å². The average molecular weight is 323 g/mol. The predicted octanol–water partition coefficient (Wildman–Crippen LogP) is 4.33. The van der Waals surface area contributed by atoms with Crippen molar-refractivity contribution in [2.45, 2.75) is 5.75 Å². The van der Waals surface area contributed by atoms with Crippen LogP contribution in [0.3, 0.4) is 0 Å². The Morgan fingerprint density at radius 1 is 1.19 bits per heavy atom. The fraction of sp³-hybridized carbons (Fsp3) is 0.0714. The number of non-ortho nitro benzene ring substituents is 1. The van der Waals surface area contributed by atoms with Crippen LogP contribution in [0.4, 0.5) is 10.1 Å². The third-order valence-corrected chi connectivity index (χ3v) is 3.75. The summed E-state index contributed by atoms with van der Waals surface area (Å²) in [7, 11) is 0. The Bertz CT molecular complexity index is 644. The van der Waals surface area contributed by atoms with Crippen LogP contribution in [0.1, 0.15) is 5.56 Å². The van der Waals surface area contributed by atoms with Gasteiger partial charge in [-0.2, -0.15) is 0 Å². The van der Waals surface area contributed by atoms with Crippen LogP contribution in [-0.4, -0.2) is 9.31 Å². The summed E-state index contributed by atoms with van der Waals surface area (Å²) in [6.45, 7) is 0. The van der Waals surface area contributed by atoms with E-state index in [0.29, 0.717) is 15.9 Å². The number of hydrogen-bond acceptors (Lipinski definition) is 5. The number of hydrogen-bond donors (Lipinski definition) is 0. The second-order valence-electron chi connectivity index (χ2n) is 4.02. The Hall–Kier alpha value is -1.99. The summed E-state index contributed by atoms with van der Waals surface area (Å²) in [6, 6.07) is 11.8. The highest BCUT2D eigenvalue weighted by atomic mass is 32.2. The van der Waals surface area contributed by atoms with Crippen molar-refractivity contribution in [2.24, 2.45) is 0 Å². The maximum absolute atomic E-state index is 12.7. The molecule has 0 saturated heterocycles. The Balaban J connectivity index is 1.86. The summed E-state index contributed by atoms with van der Waals surface area (Å²) in [6.07, 6.45) is 0. The minimum absolute atomic E-state index is 0.0499. The van der Waals surface area contributed by atoms with Crippen molar-refractivity contribution in [3.8, 4) is 5.75 Å². The lowest BCUT2D eigenvalue weighted by molar-refractivity contribution is -0.384. The van der Waals surface area contributed by atoms with Gasteiger partial charge in [0.15, 0.2) is 0 Å². The lowest BCUT2D eigenvalue weighted by Crippen LogP contribution is -2.00. The van der Waals surface area contributed by atoms with Crippen LogP contribution in [0.5, 0.6) is 5.75 Å². The molecule has 0 N–H and O–H groups in total. The van der Waals surface area contributed by atoms with Gasteiger partial charge in [0.05, 0.1) is 4.92 Å². The molecule has 0 heterocycles. The molecule has 0 bridgehead atoms. The number of nitro benzene ring substituents is 1. The summed E-state index contributed by atoms with van der Waals surface area (Å²) in [5.41, 5.74) is 0.949. The smallest absolute Gasteiger partial charge is 0.269 e. The van der Waals surface area contributed by atoms with Crippen LogP contribution in [0.25, 0.3) is 0 Å². The molecule has 0 aliphatic rings. The third kappa shape index (κ3) is 4.80. The molecular formula is C14H10FNO3S2. The predicted molar refractivity (Wildman–Crippen MR) is 84.0 cm³/mol. The van der Waals surface area contributed by atoms with E-state index in [-0.39, 0.29) is 11.5 Å². The normalized spacial score (nSPS) is 10.1. The van der Waals surface area contributed by atoms with Crippen molar-refractivity contribution < 1.29 is 14.1 Å².